The van der Waals surface area contributed by atoms with Gasteiger partial charge >= 0.3 is 12.5 Å². The van der Waals surface area contributed by atoms with Crippen LogP contribution in [0.3, 0.4) is 0 Å². The van der Waals surface area contributed by atoms with Crippen LogP contribution in [-0.4, -0.2) is 34.1 Å². The SMILES string of the molecule is Cc1cc(OC(F)(F)F)ccc1Nc1cc(C(F)(F)F)nc(N[C@H](CO)C(C)C)n1. The summed E-state index contributed by atoms with van der Waals surface area (Å²) in [6.45, 7) is 4.63. The molecule has 0 aliphatic heterocycles. The predicted molar refractivity (Wildman–Crippen MR) is 97.5 cm³/mol. The van der Waals surface area contributed by atoms with Crippen molar-refractivity contribution < 1.29 is 36.2 Å². The number of nitrogens with one attached hydrogen (secondary N) is 2. The average molecular weight is 438 g/mol. The molecule has 0 radical (unpaired) electrons. The first-order valence-electron chi connectivity index (χ1n) is 8.75. The van der Waals surface area contributed by atoms with Crippen molar-refractivity contribution in [3.63, 3.8) is 0 Å². The van der Waals surface area contributed by atoms with Crippen molar-refractivity contribution in [1.29, 1.82) is 0 Å². The lowest BCUT2D eigenvalue weighted by molar-refractivity contribution is -0.274. The molecular formula is C18H20F6N4O2. The minimum atomic E-state index is -4.87. The number of aromatic nitrogens is 2. The Hall–Kier alpha value is -2.76. The number of aryl methyl sites for hydroxylation is 1. The summed E-state index contributed by atoms with van der Waals surface area (Å²) in [5, 5.41) is 14.7. The minimum Gasteiger partial charge on any atom is -0.406 e. The molecule has 0 bridgehead atoms. The third kappa shape index (κ3) is 6.65. The topological polar surface area (TPSA) is 79.3 Å². The van der Waals surface area contributed by atoms with Gasteiger partial charge in [0.05, 0.1) is 12.6 Å². The van der Waals surface area contributed by atoms with Crippen molar-refractivity contribution in [1.82, 2.24) is 9.97 Å². The Morgan fingerprint density at radius 3 is 2.23 bits per heavy atom. The van der Waals surface area contributed by atoms with E-state index in [2.05, 4.69) is 25.3 Å². The summed E-state index contributed by atoms with van der Waals surface area (Å²) < 4.78 is 80.5. The summed E-state index contributed by atoms with van der Waals surface area (Å²) in [5.41, 5.74) is -0.712. The number of ether oxygens (including phenoxy) is 1. The van der Waals surface area contributed by atoms with Gasteiger partial charge in [-0.2, -0.15) is 18.2 Å². The van der Waals surface area contributed by atoms with Crippen LogP contribution in [-0.2, 0) is 6.18 Å². The lowest BCUT2D eigenvalue weighted by atomic mass is 10.1. The third-order valence-corrected chi connectivity index (χ3v) is 4.03. The summed E-state index contributed by atoms with van der Waals surface area (Å²) in [5.74, 6) is -1.16. The van der Waals surface area contributed by atoms with Crippen LogP contribution in [0.25, 0.3) is 0 Å². The maximum Gasteiger partial charge on any atom is 0.573 e. The quantitative estimate of drug-likeness (QED) is 0.535. The van der Waals surface area contributed by atoms with Gasteiger partial charge in [0, 0.05) is 11.8 Å². The van der Waals surface area contributed by atoms with Gasteiger partial charge in [0.25, 0.3) is 0 Å². The van der Waals surface area contributed by atoms with Gasteiger partial charge in [-0.3, -0.25) is 0 Å². The van der Waals surface area contributed by atoms with E-state index < -0.39 is 30.0 Å². The molecule has 0 fully saturated rings. The van der Waals surface area contributed by atoms with Gasteiger partial charge in [0.1, 0.15) is 11.6 Å². The maximum atomic E-state index is 13.2. The number of anilines is 3. The van der Waals surface area contributed by atoms with Crippen LogP contribution in [0, 0.1) is 12.8 Å². The van der Waals surface area contributed by atoms with E-state index in [-0.39, 0.29) is 35.5 Å². The summed E-state index contributed by atoms with van der Waals surface area (Å²) in [6, 6.07) is 3.43. The molecule has 166 valence electrons. The average Bonchev–Trinajstić information content (AvgIpc) is 2.59. The Morgan fingerprint density at radius 1 is 1.07 bits per heavy atom. The zero-order valence-corrected chi connectivity index (χ0v) is 16.2. The highest BCUT2D eigenvalue weighted by molar-refractivity contribution is 5.62. The molecule has 0 aliphatic rings. The molecular weight excluding hydrogens is 418 g/mol. The molecule has 1 heterocycles. The van der Waals surface area contributed by atoms with E-state index in [1.165, 1.54) is 13.0 Å². The Bertz CT molecular complexity index is 871. The highest BCUT2D eigenvalue weighted by Gasteiger charge is 2.34. The van der Waals surface area contributed by atoms with Crippen LogP contribution in [0.1, 0.15) is 25.1 Å². The van der Waals surface area contributed by atoms with E-state index in [0.717, 1.165) is 12.1 Å². The number of rotatable bonds is 7. The number of nitrogens with zero attached hydrogens (tertiary/aromatic N) is 2. The second kappa shape index (κ2) is 8.94. The first-order valence-corrected chi connectivity index (χ1v) is 8.75. The first kappa shape index (κ1) is 23.5. The van der Waals surface area contributed by atoms with Crippen molar-refractivity contribution in [2.75, 3.05) is 17.2 Å². The lowest BCUT2D eigenvalue weighted by Crippen LogP contribution is -2.30. The molecule has 12 heteroatoms. The highest BCUT2D eigenvalue weighted by atomic mass is 19.4. The number of aliphatic hydroxyl groups excluding tert-OH is 1. The molecule has 0 spiro atoms. The fourth-order valence-electron chi connectivity index (χ4n) is 2.42. The molecule has 0 saturated carbocycles. The van der Waals surface area contributed by atoms with Crippen LogP contribution in [0.4, 0.5) is 43.8 Å². The maximum absolute atomic E-state index is 13.2. The summed E-state index contributed by atoms with van der Waals surface area (Å²) in [7, 11) is 0. The van der Waals surface area contributed by atoms with Crippen LogP contribution in [0.2, 0.25) is 0 Å². The minimum absolute atomic E-state index is 0.118. The zero-order chi connectivity index (χ0) is 22.7. The zero-order valence-electron chi connectivity index (χ0n) is 16.2. The van der Waals surface area contributed by atoms with E-state index >= 15 is 0 Å². The fourth-order valence-corrected chi connectivity index (χ4v) is 2.42. The Labute approximate surface area is 168 Å². The van der Waals surface area contributed by atoms with Crippen LogP contribution < -0.4 is 15.4 Å². The molecule has 3 N–H and O–H groups in total. The van der Waals surface area contributed by atoms with Gasteiger partial charge in [-0.05, 0) is 36.6 Å². The second-order valence-electron chi connectivity index (χ2n) is 6.79. The number of hydrogen-bond acceptors (Lipinski definition) is 6. The van der Waals surface area contributed by atoms with Crippen LogP contribution >= 0.6 is 0 Å². The third-order valence-electron chi connectivity index (χ3n) is 4.03. The van der Waals surface area contributed by atoms with Crippen molar-refractivity contribution in [3.8, 4) is 5.75 Å². The molecule has 1 atom stereocenters. The van der Waals surface area contributed by atoms with E-state index in [0.29, 0.717) is 6.07 Å². The number of benzene rings is 1. The van der Waals surface area contributed by atoms with E-state index in [1.54, 1.807) is 13.8 Å². The molecule has 1 aromatic heterocycles. The number of alkyl halides is 6. The number of hydrogen-bond donors (Lipinski definition) is 3. The molecule has 2 aromatic rings. The van der Waals surface area contributed by atoms with Crippen molar-refractivity contribution in [3.05, 3.63) is 35.5 Å². The smallest absolute Gasteiger partial charge is 0.406 e. The van der Waals surface area contributed by atoms with Gasteiger partial charge in [-0.25, -0.2) is 4.98 Å². The molecule has 30 heavy (non-hydrogen) atoms. The summed E-state index contributed by atoms with van der Waals surface area (Å²) in [6.07, 6.45) is -9.63. The molecule has 2 rings (SSSR count). The first-order chi connectivity index (χ1) is 13.8. The predicted octanol–water partition coefficient (Wildman–Crippen LogP) is 4.87. The van der Waals surface area contributed by atoms with E-state index in [9.17, 15) is 31.4 Å². The van der Waals surface area contributed by atoms with Gasteiger partial charge in [-0.1, -0.05) is 13.8 Å². The number of halogens is 6. The van der Waals surface area contributed by atoms with Crippen molar-refractivity contribution >= 4 is 17.5 Å². The van der Waals surface area contributed by atoms with Crippen molar-refractivity contribution in [2.24, 2.45) is 5.92 Å². The summed E-state index contributed by atoms with van der Waals surface area (Å²) in [4.78, 5) is 7.43. The summed E-state index contributed by atoms with van der Waals surface area (Å²) >= 11 is 0. The van der Waals surface area contributed by atoms with Crippen molar-refractivity contribution in [2.45, 2.75) is 39.4 Å². The van der Waals surface area contributed by atoms with E-state index in [1.807, 2.05) is 0 Å². The molecule has 1 aromatic carbocycles. The molecule has 0 saturated heterocycles. The Kier molecular flexibility index (Phi) is 7.01. The largest absolute Gasteiger partial charge is 0.573 e. The standard InChI is InChI=1S/C18H20F6N4O2/c1-9(2)13(8-29)26-16-27-14(17(19,20)21)7-15(28-16)25-12-5-4-11(6-10(12)3)30-18(22,23)24/h4-7,9,13,29H,8H2,1-3H3,(H2,25,26,27,28)/t13-/m1/s1. The molecule has 0 amide bonds. The number of aliphatic hydroxyl groups is 1. The fraction of sp³-hybridized carbons (Fsp3) is 0.444. The van der Waals surface area contributed by atoms with Crippen LogP contribution in [0.15, 0.2) is 24.3 Å². The Balaban J connectivity index is 2.35. The molecule has 0 unspecified atom stereocenters. The van der Waals surface area contributed by atoms with Gasteiger partial charge < -0.3 is 20.5 Å². The van der Waals surface area contributed by atoms with E-state index in [4.69, 9.17) is 0 Å². The molecule has 6 nitrogen and oxygen atoms in total. The van der Waals surface area contributed by atoms with Gasteiger partial charge in [0.15, 0.2) is 5.69 Å². The van der Waals surface area contributed by atoms with Crippen LogP contribution in [0.5, 0.6) is 5.75 Å². The van der Waals surface area contributed by atoms with Gasteiger partial charge in [-0.15, -0.1) is 13.2 Å². The normalized spacial score (nSPS) is 13.3. The van der Waals surface area contributed by atoms with Gasteiger partial charge in [0.2, 0.25) is 5.95 Å². The second-order valence-corrected chi connectivity index (χ2v) is 6.79. The Morgan fingerprint density at radius 2 is 1.73 bits per heavy atom. The monoisotopic (exact) mass is 438 g/mol. The molecule has 0 aliphatic carbocycles. The highest BCUT2D eigenvalue weighted by Crippen LogP contribution is 2.32. The lowest BCUT2D eigenvalue weighted by Gasteiger charge is -2.21.